The second-order valence-corrected chi connectivity index (χ2v) is 5.25. The van der Waals surface area contributed by atoms with Crippen molar-refractivity contribution in [2.45, 2.75) is 26.8 Å². The van der Waals surface area contributed by atoms with Gasteiger partial charge in [0.05, 0.1) is 11.1 Å². The number of aromatic nitrogens is 1. The molecule has 2 unspecified atom stereocenters. The zero-order valence-corrected chi connectivity index (χ0v) is 12.1. The first-order valence-electron chi connectivity index (χ1n) is 6.81. The number of hydrogen-bond acceptors (Lipinski definition) is 3. The number of carbonyl (C=O) groups is 1. The quantitative estimate of drug-likeness (QED) is 0.897. The number of aliphatic hydroxyl groups is 1. The van der Waals surface area contributed by atoms with E-state index in [0.29, 0.717) is 11.1 Å². The summed E-state index contributed by atoms with van der Waals surface area (Å²) >= 11 is 0. The minimum atomic E-state index is -0.151. The molecule has 2 N–H and O–H groups in total. The van der Waals surface area contributed by atoms with Crippen molar-refractivity contribution in [1.82, 2.24) is 10.3 Å². The summed E-state index contributed by atoms with van der Waals surface area (Å²) in [4.78, 5) is 16.8. The lowest BCUT2D eigenvalue weighted by Gasteiger charge is -2.19. The first-order valence-corrected chi connectivity index (χ1v) is 6.81. The van der Waals surface area contributed by atoms with Crippen molar-refractivity contribution in [3.63, 3.8) is 0 Å². The van der Waals surface area contributed by atoms with E-state index >= 15 is 0 Å². The number of aliphatic hydroxyl groups excluding tert-OH is 1. The van der Waals surface area contributed by atoms with Crippen molar-refractivity contribution in [3.05, 3.63) is 41.6 Å². The van der Waals surface area contributed by atoms with Crippen molar-refractivity contribution < 1.29 is 9.90 Å². The fourth-order valence-corrected chi connectivity index (χ4v) is 2.01. The molecule has 0 spiro atoms. The largest absolute Gasteiger partial charge is 0.396 e. The van der Waals surface area contributed by atoms with Crippen LogP contribution in [0.15, 0.2) is 30.3 Å². The monoisotopic (exact) mass is 272 g/mol. The summed E-state index contributed by atoms with van der Waals surface area (Å²) in [6.45, 7) is 5.75. The van der Waals surface area contributed by atoms with E-state index in [1.54, 1.807) is 6.07 Å². The van der Waals surface area contributed by atoms with Crippen LogP contribution in [0.4, 0.5) is 0 Å². The molecule has 4 nitrogen and oxygen atoms in total. The molecule has 0 radical (unpaired) electrons. The summed E-state index contributed by atoms with van der Waals surface area (Å²) in [5.74, 6) is -0.134. The average Bonchev–Trinajstić information content (AvgIpc) is 2.45. The molecule has 2 aromatic rings. The number of aryl methyl sites for hydroxylation is 1. The van der Waals surface area contributed by atoms with Crippen LogP contribution >= 0.6 is 0 Å². The van der Waals surface area contributed by atoms with Gasteiger partial charge in [-0.3, -0.25) is 9.78 Å². The van der Waals surface area contributed by atoms with Gasteiger partial charge in [0.25, 0.3) is 5.91 Å². The molecule has 1 amide bonds. The number of para-hydroxylation sites is 1. The van der Waals surface area contributed by atoms with Gasteiger partial charge in [-0.1, -0.05) is 25.1 Å². The fraction of sp³-hybridized carbons (Fsp3) is 0.375. The highest BCUT2D eigenvalue weighted by Crippen LogP contribution is 2.17. The minimum absolute atomic E-state index is 0.0172. The third-order valence-electron chi connectivity index (χ3n) is 3.60. The van der Waals surface area contributed by atoms with Crippen LogP contribution < -0.4 is 5.32 Å². The Morgan fingerprint density at radius 2 is 2.05 bits per heavy atom. The number of rotatable bonds is 4. The molecular formula is C16H20N2O2. The van der Waals surface area contributed by atoms with E-state index in [1.165, 1.54) is 0 Å². The maximum absolute atomic E-state index is 12.4. The third-order valence-corrected chi connectivity index (χ3v) is 3.60. The van der Waals surface area contributed by atoms with Crippen LogP contribution in [-0.4, -0.2) is 28.6 Å². The number of hydrogen-bond donors (Lipinski definition) is 2. The number of amides is 1. The van der Waals surface area contributed by atoms with Crippen molar-refractivity contribution in [2.24, 2.45) is 5.92 Å². The summed E-state index contributed by atoms with van der Waals surface area (Å²) < 4.78 is 0. The molecule has 1 aromatic heterocycles. The van der Waals surface area contributed by atoms with Gasteiger partial charge in [-0.15, -0.1) is 0 Å². The van der Waals surface area contributed by atoms with E-state index < -0.39 is 0 Å². The average molecular weight is 272 g/mol. The molecule has 0 aliphatic carbocycles. The molecule has 20 heavy (non-hydrogen) atoms. The van der Waals surface area contributed by atoms with E-state index in [2.05, 4.69) is 10.3 Å². The molecular weight excluding hydrogens is 252 g/mol. The predicted molar refractivity (Wildman–Crippen MR) is 79.7 cm³/mol. The highest BCUT2D eigenvalue weighted by Gasteiger charge is 2.17. The Bertz CT molecular complexity index is 625. The standard InChI is InChI=1S/C16H20N2O2/c1-10(9-19)12(3)18-16(20)14-6-4-5-13-8-7-11(2)17-15(13)14/h4-8,10,12,19H,9H2,1-3H3,(H,18,20). The van der Waals surface area contributed by atoms with E-state index in [-0.39, 0.29) is 24.5 Å². The summed E-state index contributed by atoms with van der Waals surface area (Å²) in [5, 5.41) is 13.0. The molecule has 0 saturated carbocycles. The Kier molecular flexibility index (Phi) is 4.35. The molecule has 2 atom stereocenters. The third kappa shape index (κ3) is 2.96. The van der Waals surface area contributed by atoms with Gasteiger partial charge in [-0.05, 0) is 31.9 Å². The normalized spacial score (nSPS) is 14.0. The summed E-state index contributed by atoms with van der Waals surface area (Å²) in [7, 11) is 0. The first kappa shape index (κ1) is 14.5. The number of benzene rings is 1. The molecule has 0 fully saturated rings. The molecule has 106 valence electrons. The maximum Gasteiger partial charge on any atom is 0.253 e. The van der Waals surface area contributed by atoms with Crippen molar-refractivity contribution in [1.29, 1.82) is 0 Å². The number of pyridine rings is 1. The Hall–Kier alpha value is -1.94. The Morgan fingerprint density at radius 3 is 2.75 bits per heavy atom. The summed E-state index contributed by atoms with van der Waals surface area (Å²) in [6.07, 6.45) is 0. The highest BCUT2D eigenvalue weighted by molar-refractivity contribution is 6.05. The van der Waals surface area contributed by atoms with Gasteiger partial charge < -0.3 is 10.4 Å². The van der Waals surface area contributed by atoms with Crippen LogP contribution in [-0.2, 0) is 0 Å². The molecule has 0 saturated heterocycles. The molecule has 1 aromatic carbocycles. The van der Waals surface area contributed by atoms with Crippen LogP contribution in [0.3, 0.4) is 0 Å². The van der Waals surface area contributed by atoms with Gasteiger partial charge in [0.1, 0.15) is 0 Å². The Morgan fingerprint density at radius 1 is 1.30 bits per heavy atom. The molecule has 1 heterocycles. The number of nitrogens with one attached hydrogen (secondary N) is 1. The minimum Gasteiger partial charge on any atom is -0.396 e. The SMILES string of the molecule is Cc1ccc2cccc(C(=O)NC(C)C(C)CO)c2n1. The topological polar surface area (TPSA) is 62.2 Å². The van der Waals surface area contributed by atoms with E-state index in [1.807, 2.05) is 45.0 Å². The molecule has 0 bridgehead atoms. The predicted octanol–water partition coefficient (Wildman–Crippen LogP) is 2.29. The molecule has 0 aliphatic heterocycles. The number of nitrogens with zero attached hydrogens (tertiary/aromatic N) is 1. The van der Waals surface area contributed by atoms with Gasteiger partial charge in [-0.25, -0.2) is 0 Å². The van der Waals surface area contributed by atoms with Gasteiger partial charge in [0.15, 0.2) is 0 Å². The highest BCUT2D eigenvalue weighted by atomic mass is 16.3. The summed E-state index contributed by atoms with van der Waals surface area (Å²) in [5.41, 5.74) is 2.17. The van der Waals surface area contributed by atoms with E-state index in [9.17, 15) is 4.79 Å². The van der Waals surface area contributed by atoms with Crippen molar-refractivity contribution in [2.75, 3.05) is 6.61 Å². The lowest BCUT2D eigenvalue weighted by atomic mass is 10.0. The number of carbonyl (C=O) groups excluding carboxylic acids is 1. The molecule has 4 heteroatoms. The Balaban J connectivity index is 2.33. The van der Waals surface area contributed by atoms with Crippen LogP contribution in [0, 0.1) is 12.8 Å². The van der Waals surface area contributed by atoms with Gasteiger partial charge in [0.2, 0.25) is 0 Å². The second kappa shape index (κ2) is 6.01. The fourth-order valence-electron chi connectivity index (χ4n) is 2.01. The molecule has 0 aliphatic rings. The lowest BCUT2D eigenvalue weighted by molar-refractivity contribution is 0.0918. The van der Waals surface area contributed by atoms with Crippen molar-refractivity contribution >= 4 is 16.8 Å². The second-order valence-electron chi connectivity index (χ2n) is 5.25. The smallest absolute Gasteiger partial charge is 0.253 e. The molecule has 2 rings (SSSR count). The van der Waals surface area contributed by atoms with E-state index in [0.717, 1.165) is 11.1 Å². The van der Waals surface area contributed by atoms with Crippen molar-refractivity contribution in [3.8, 4) is 0 Å². The number of fused-ring (bicyclic) bond motifs is 1. The van der Waals surface area contributed by atoms with Gasteiger partial charge in [-0.2, -0.15) is 0 Å². The van der Waals surface area contributed by atoms with Crippen LogP contribution in [0.2, 0.25) is 0 Å². The zero-order chi connectivity index (χ0) is 14.7. The van der Waals surface area contributed by atoms with Crippen LogP contribution in [0.25, 0.3) is 10.9 Å². The maximum atomic E-state index is 12.4. The van der Waals surface area contributed by atoms with Gasteiger partial charge in [0, 0.05) is 23.7 Å². The van der Waals surface area contributed by atoms with E-state index in [4.69, 9.17) is 5.11 Å². The van der Waals surface area contributed by atoms with Crippen LogP contribution in [0.5, 0.6) is 0 Å². The first-order chi connectivity index (χ1) is 9.52. The van der Waals surface area contributed by atoms with Gasteiger partial charge >= 0.3 is 0 Å². The summed E-state index contributed by atoms with van der Waals surface area (Å²) in [6, 6.07) is 9.38. The lowest BCUT2D eigenvalue weighted by Crippen LogP contribution is -2.38. The zero-order valence-electron chi connectivity index (χ0n) is 12.1. The Labute approximate surface area is 118 Å². The van der Waals surface area contributed by atoms with Crippen LogP contribution in [0.1, 0.15) is 29.9 Å².